The van der Waals surface area contributed by atoms with Gasteiger partial charge in [0, 0.05) is 53.6 Å². The molecule has 10 rings (SSSR count). The molecule has 0 saturated heterocycles. The maximum Gasteiger partial charge on any atom is 0.0561 e. The summed E-state index contributed by atoms with van der Waals surface area (Å²) in [6, 6.07) is 66.2. The first-order chi connectivity index (χ1) is 24.3. The Hall–Kier alpha value is -6.16. The van der Waals surface area contributed by atoms with Crippen LogP contribution in [0.25, 0.3) is 69.6 Å². The molecule has 0 aliphatic heterocycles. The summed E-state index contributed by atoms with van der Waals surface area (Å²) in [6.07, 6.45) is 0. The predicted molar refractivity (Wildman–Crippen MR) is 211 cm³/mol. The van der Waals surface area contributed by atoms with E-state index in [9.17, 15) is 0 Å². The largest absolute Gasteiger partial charge is 0.310 e. The SMILES string of the molecule is c1ccc(-c2ccccc2N(c2ccc3c(c2)sc2cc4ccccc4cc23)c2ccc3c4ccccc4n(-c4ccccc4)c3c2)cc1. The van der Waals surface area contributed by atoms with Crippen molar-refractivity contribution in [2.75, 3.05) is 4.90 Å². The molecule has 0 aliphatic rings. The summed E-state index contributed by atoms with van der Waals surface area (Å²) < 4.78 is 5.00. The summed E-state index contributed by atoms with van der Waals surface area (Å²) >= 11 is 1.87. The molecule has 230 valence electrons. The van der Waals surface area contributed by atoms with Crippen LogP contribution >= 0.6 is 11.3 Å². The molecule has 10 aromatic rings. The Kier molecular flexibility index (Phi) is 6.39. The first-order valence-electron chi connectivity index (χ1n) is 16.7. The number of hydrogen-bond donors (Lipinski definition) is 0. The number of aromatic nitrogens is 1. The zero-order valence-corrected chi connectivity index (χ0v) is 27.4. The molecule has 0 N–H and O–H groups in total. The highest BCUT2D eigenvalue weighted by Gasteiger charge is 2.21. The van der Waals surface area contributed by atoms with Gasteiger partial charge in [-0.3, -0.25) is 0 Å². The van der Waals surface area contributed by atoms with E-state index in [1.165, 1.54) is 63.9 Å². The monoisotopic (exact) mass is 642 g/mol. The Labute approximate surface area is 288 Å². The van der Waals surface area contributed by atoms with Gasteiger partial charge in [0.2, 0.25) is 0 Å². The molecule has 0 spiro atoms. The third-order valence-electron chi connectivity index (χ3n) is 9.74. The van der Waals surface area contributed by atoms with Crippen LogP contribution in [0.2, 0.25) is 0 Å². The molecule has 0 atom stereocenters. The van der Waals surface area contributed by atoms with Gasteiger partial charge in [0.1, 0.15) is 0 Å². The van der Waals surface area contributed by atoms with Gasteiger partial charge in [-0.05, 0) is 77.0 Å². The van der Waals surface area contributed by atoms with E-state index >= 15 is 0 Å². The summed E-state index contributed by atoms with van der Waals surface area (Å²) in [7, 11) is 0. The van der Waals surface area contributed by atoms with Gasteiger partial charge in [0.05, 0.1) is 16.7 Å². The third kappa shape index (κ3) is 4.55. The van der Waals surface area contributed by atoms with Crippen molar-refractivity contribution < 1.29 is 0 Å². The first-order valence-corrected chi connectivity index (χ1v) is 17.5. The van der Waals surface area contributed by atoms with Gasteiger partial charge in [-0.2, -0.15) is 0 Å². The molecule has 0 aliphatic carbocycles. The molecule has 2 nitrogen and oxygen atoms in total. The van der Waals surface area contributed by atoms with Gasteiger partial charge < -0.3 is 9.47 Å². The van der Waals surface area contributed by atoms with E-state index < -0.39 is 0 Å². The molecule has 0 amide bonds. The fraction of sp³-hybridized carbons (Fsp3) is 0. The van der Waals surface area contributed by atoms with E-state index in [2.05, 4.69) is 191 Å². The fourth-order valence-corrected chi connectivity index (χ4v) is 8.67. The van der Waals surface area contributed by atoms with Crippen LogP contribution in [0, 0.1) is 0 Å². The van der Waals surface area contributed by atoms with E-state index in [-0.39, 0.29) is 0 Å². The van der Waals surface area contributed by atoms with Gasteiger partial charge >= 0.3 is 0 Å². The van der Waals surface area contributed by atoms with E-state index in [0.717, 1.165) is 22.7 Å². The van der Waals surface area contributed by atoms with E-state index in [1.807, 2.05) is 11.3 Å². The second-order valence-electron chi connectivity index (χ2n) is 12.6. The molecule has 0 unspecified atom stereocenters. The molecule has 0 bridgehead atoms. The molecular weight excluding hydrogens is 613 g/mol. The Balaban J connectivity index is 1.24. The minimum absolute atomic E-state index is 1.11. The summed E-state index contributed by atoms with van der Waals surface area (Å²) in [5, 5.41) is 7.66. The van der Waals surface area contributed by atoms with Crippen LogP contribution in [0.1, 0.15) is 0 Å². The van der Waals surface area contributed by atoms with E-state index in [1.54, 1.807) is 0 Å². The van der Waals surface area contributed by atoms with Crippen molar-refractivity contribution in [3.05, 3.63) is 182 Å². The first kappa shape index (κ1) is 27.9. The Bertz CT molecular complexity index is 2830. The zero-order chi connectivity index (χ0) is 32.3. The lowest BCUT2D eigenvalue weighted by molar-refractivity contribution is 1.18. The van der Waals surface area contributed by atoms with Crippen LogP contribution in [-0.4, -0.2) is 4.57 Å². The Morgan fingerprint density at radius 1 is 0.408 bits per heavy atom. The number of para-hydroxylation sites is 3. The van der Waals surface area contributed by atoms with Crippen LogP contribution in [-0.2, 0) is 0 Å². The molecule has 0 radical (unpaired) electrons. The lowest BCUT2D eigenvalue weighted by atomic mass is 10.0. The topological polar surface area (TPSA) is 8.17 Å². The summed E-state index contributed by atoms with van der Waals surface area (Å²) in [5.41, 5.74) is 9.31. The van der Waals surface area contributed by atoms with Gasteiger partial charge in [0.25, 0.3) is 0 Å². The lowest BCUT2D eigenvalue weighted by Gasteiger charge is -2.28. The highest BCUT2D eigenvalue weighted by molar-refractivity contribution is 7.25. The Morgan fingerprint density at radius 3 is 1.86 bits per heavy atom. The highest BCUT2D eigenvalue weighted by Crippen LogP contribution is 2.45. The number of fused-ring (bicyclic) bond motifs is 7. The second-order valence-corrected chi connectivity index (χ2v) is 13.7. The molecular formula is C46H30N2S. The molecule has 8 aromatic carbocycles. The molecule has 3 heteroatoms. The van der Waals surface area contributed by atoms with Crippen LogP contribution < -0.4 is 4.90 Å². The fourth-order valence-electron chi connectivity index (χ4n) is 7.50. The highest BCUT2D eigenvalue weighted by atomic mass is 32.1. The maximum atomic E-state index is 2.44. The second kappa shape index (κ2) is 11.2. The lowest BCUT2D eigenvalue weighted by Crippen LogP contribution is -2.11. The standard InChI is InChI=1S/C46H30N2S/c1-3-13-31(14-4-1)37-19-9-11-21-42(37)47(36-24-26-40-41-27-32-15-7-8-16-33(32)28-45(41)49-46(40)30-36)35-23-25-39-38-20-10-12-22-43(38)48(44(39)29-35)34-17-5-2-6-18-34/h1-30H. The van der Waals surface area contributed by atoms with Crippen molar-refractivity contribution >= 4 is 81.1 Å². The average molecular weight is 643 g/mol. The Morgan fingerprint density at radius 2 is 1.02 bits per heavy atom. The van der Waals surface area contributed by atoms with Gasteiger partial charge in [-0.1, -0.05) is 121 Å². The van der Waals surface area contributed by atoms with Crippen LogP contribution in [0.5, 0.6) is 0 Å². The van der Waals surface area contributed by atoms with Crippen molar-refractivity contribution in [3.63, 3.8) is 0 Å². The number of hydrogen-bond acceptors (Lipinski definition) is 2. The smallest absolute Gasteiger partial charge is 0.0561 e. The normalized spacial score (nSPS) is 11.7. The maximum absolute atomic E-state index is 2.44. The molecule has 2 heterocycles. The number of anilines is 3. The van der Waals surface area contributed by atoms with Crippen LogP contribution in [0.4, 0.5) is 17.1 Å². The van der Waals surface area contributed by atoms with Crippen LogP contribution in [0.15, 0.2) is 182 Å². The number of nitrogens with zero attached hydrogens (tertiary/aromatic N) is 2. The van der Waals surface area contributed by atoms with Crippen molar-refractivity contribution in [3.8, 4) is 16.8 Å². The minimum Gasteiger partial charge on any atom is -0.310 e. The number of thiophene rings is 1. The van der Waals surface area contributed by atoms with E-state index in [4.69, 9.17) is 0 Å². The predicted octanol–water partition coefficient (Wildman–Crippen LogP) is 13.4. The van der Waals surface area contributed by atoms with Crippen molar-refractivity contribution in [2.45, 2.75) is 0 Å². The van der Waals surface area contributed by atoms with Gasteiger partial charge in [-0.25, -0.2) is 0 Å². The summed E-state index contributed by atoms with van der Waals surface area (Å²) in [4.78, 5) is 2.44. The molecule has 0 fully saturated rings. The van der Waals surface area contributed by atoms with Crippen LogP contribution in [0.3, 0.4) is 0 Å². The van der Waals surface area contributed by atoms with Gasteiger partial charge in [0.15, 0.2) is 0 Å². The van der Waals surface area contributed by atoms with E-state index in [0.29, 0.717) is 0 Å². The van der Waals surface area contributed by atoms with Crippen molar-refractivity contribution in [1.29, 1.82) is 0 Å². The van der Waals surface area contributed by atoms with Crippen molar-refractivity contribution in [2.24, 2.45) is 0 Å². The van der Waals surface area contributed by atoms with Crippen molar-refractivity contribution in [1.82, 2.24) is 4.57 Å². The average Bonchev–Trinajstić information content (AvgIpc) is 3.69. The quantitative estimate of drug-likeness (QED) is 0.181. The third-order valence-corrected chi connectivity index (χ3v) is 10.9. The zero-order valence-electron chi connectivity index (χ0n) is 26.6. The molecule has 2 aromatic heterocycles. The summed E-state index contributed by atoms with van der Waals surface area (Å²) in [5.74, 6) is 0. The van der Waals surface area contributed by atoms with Gasteiger partial charge in [-0.15, -0.1) is 11.3 Å². The number of rotatable bonds is 5. The number of benzene rings is 8. The minimum atomic E-state index is 1.11. The molecule has 0 saturated carbocycles. The summed E-state index contributed by atoms with van der Waals surface area (Å²) in [6.45, 7) is 0. The molecule has 49 heavy (non-hydrogen) atoms.